The molecule has 108 valence electrons. The molecule has 1 aliphatic carbocycles. The lowest BCUT2D eigenvalue weighted by molar-refractivity contribution is -0.119. The second kappa shape index (κ2) is 5.94. The second-order valence-corrected chi connectivity index (χ2v) is 5.32. The smallest absolute Gasteiger partial charge is 0.238 e. The van der Waals surface area contributed by atoms with Crippen molar-refractivity contribution in [2.24, 2.45) is 16.3 Å². The van der Waals surface area contributed by atoms with E-state index in [0.717, 1.165) is 18.5 Å². The van der Waals surface area contributed by atoms with E-state index < -0.39 is 5.41 Å². The summed E-state index contributed by atoms with van der Waals surface area (Å²) in [5.74, 6) is -0.205. The minimum absolute atomic E-state index is 0.00503. The van der Waals surface area contributed by atoms with Crippen LogP contribution in [-0.2, 0) is 11.2 Å². The molecular weight excluding hydrogens is 254 g/mol. The molecule has 0 aliphatic heterocycles. The SMILES string of the molecule is CCCCc1ccc(NC(=O)C2(/C(N)=N/O)CC2)cc1. The van der Waals surface area contributed by atoms with Gasteiger partial charge in [0.1, 0.15) is 5.41 Å². The van der Waals surface area contributed by atoms with Crippen molar-refractivity contribution >= 4 is 17.4 Å². The Balaban J connectivity index is 1.98. The van der Waals surface area contributed by atoms with Crippen molar-refractivity contribution in [2.75, 3.05) is 5.32 Å². The summed E-state index contributed by atoms with van der Waals surface area (Å²) in [7, 11) is 0. The Hall–Kier alpha value is -2.04. The van der Waals surface area contributed by atoms with E-state index in [1.165, 1.54) is 12.0 Å². The average molecular weight is 275 g/mol. The number of hydrogen-bond donors (Lipinski definition) is 3. The molecule has 0 unspecified atom stereocenters. The monoisotopic (exact) mass is 275 g/mol. The fourth-order valence-corrected chi connectivity index (χ4v) is 2.21. The van der Waals surface area contributed by atoms with Crippen LogP contribution in [0.5, 0.6) is 0 Å². The van der Waals surface area contributed by atoms with E-state index in [4.69, 9.17) is 10.9 Å². The normalized spacial score (nSPS) is 16.8. The Kier molecular flexibility index (Phi) is 4.27. The van der Waals surface area contributed by atoms with Gasteiger partial charge < -0.3 is 16.3 Å². The topological polar surface area (TPSA) is 87.7 Å². The molecule has 20 heavy (non-hydrogen) atoms. The van der Waals surface area contributed by atoms with Gasteiger partial charge in [0.15, 0.2) is 5.84 Å². The molecule has 1 aromatic carbocycles. The van der Waals surface area contributed by atoms with Crippen LogP contribution in [0.3, 0.4) is 0 Å². The van der Waals surface area contributed by atoms with Crippen LogP contribution in [0.15, 0.2) is 29.4 Å². The van der Waals surface area contributed by atoms with Gasteiger partial charge in [-0.1, -0.05) is 30.6 Å². The number of anilines is 1. The van der Waals surface area contributed by atoms with Crippen LogP contribution < -0.4 is 11.1 Å². The van der Waals surface area contributed by atoms with Crippen LogP contribution in [-0.4, -0.2) is 17.0 Å². The zero-order chi connectivity index (χ0) is 14.6. The standard InChI is InChI=1S/C15H21N3O2/c1-2-3-4-11-5-7-12(8-6-11)17-14(19)15(9-10-15)13(16)18-20/h5-8,20H,2-4,9-10H2,1H3,(H2,16,18)(H,17,19). The summed E-state index contributed by atoms with van der Waals surface area (Å²) in [6.45, 7) is 2.16. The maximum Gasteiger partial charge on any atom is 0.238 e. The van der Waals surface area contributed by atoms with Gasteiger partial charge in [-0.25, -0.2) is 0 Å². The predicted octanol–water partition coefficient (Wildman–Crippen LogP) is 2.49. The molecule has 0 aromatic heterocycles. The predicted molar refractivity (Wildman–Crippen MR) is 78.8 cm³/mol. The number of carbonyl (C=O) groups is 1. The third kappa shape index (κ3) is 2.92. The number of rotatable bonds is 6. The number of oxime groups is 1. The molecule has 0 bridgehead atoms. The molecule has 1 amide bonds. The van der Waals surface area contributed by atoms with Crippen LogP contribution in [0.1, 0.15) is 38.2 Å². The number of nitrogens with one attached hydrogen (secondary N) is 1. The van der Waals surface area contributed by atoms with Gasteiger partial charge in [-0.05, 0) is 43.4 Å². The molecule has 0 spiro atoms. The maximum atomic E-state index is 12.2. The van der Waals surface area contributed by atoms with Crippen molar-refractivity contribution in [3.63, 3.8) is 0 Å². The molecule has 2 rings (SSSR count). The Morgan fingerprint density at radius 1 is 1.40 bits per heavy atom. The number of nitrogens with two attached hydrogens (primary N) is 1. The minimum atomic E-state index is -0.810. The van der Waals surface area contributed by atoms with Crippen LogP contribution in [0.2, 0.25) is 0 Å². The van der Waals surface area contributed by atoms with Crippen LogP contribution in [0.25, 0.3) is 0 Å². The first-order valence-corrected chi connectivity index (χ1v) is 7.01. The van der Waals surface area contributed by atoms with Crippen molar-refractivity contribution in [1.29, 1.82) is 0 Å². The highest BCUT2D eigenvalue weighted by Crippen LogP contribution is 2.46. The van der Waals surface area contributed by atoms with E-state index in [9.17, 15) is 4.79 Å². The zero-order valence-electron chi connectivity index (χ0n) is 11.7. The highest BCUT2D eigenvalue weighted by molar-refractivity contribution is 6.14. The van der Waals surface area contributed by atoms with Crippen LogP contribution >= 0.6 is 0 Å². The van der Waals surface area contributed by atoms with Gasteiger partial charge in [-0.15, -0.1) is 0 Å². The van der Waals surface area contributed by atoms with Gasteiger partial charge in [0.05, 0.1) is 0 Å². The van der Waals surface area contributed by atoms with E-state index in [0.29, 0.717) is 12.8 Å². The number of carbonyl (C=O) groups excluding carboxylic acids is 1. The minimum Gasteiger partial charge on any atom is -0.409 e. The van der Waals surface area contributed by atoms with Crippen molar-refractivity contribution < 1.29 is 10.0 Å². The Bertz CT molecular complexity index is 504. The molecule has 0 atom stereocenters. The lowest BCUT2D eigenvalue weighted by Crippen LogP contribution is -2.36. The summed E-state index contributed by atoms with van der Waals surface area (Å²) < 4.78 is 0. The van der Waals surface area contributed by atoms with Gasteiger partial charge in [-0.2, -0.15) is 0 Å². The molecule has 4 N–H and O–H groups in total. The van der Waals surface area contributed by atoms with Crippen molar-refractivity contribution in [2.45, 2.75) is 39.0 Å². The number of unbranched alkanes of at least 4 members (excludes halogenated alkanes) is 1. The number of amides is 1. The van der Waals surface area contributed by atoms with E-state index in [2.05, 4.69) is 17.4 Å². The molecule has 1 fully saturated rings. The van der Waals surface area contributed by atoms with E-state index in [-0.39, 0.29) is 11.7 Å². The van der Waals surface area contributed by atoms with Gasteiger partial charge >= 0.3 is 0 Å². The van der Waals surface area contributed by atoms with E-state index in [1.807, 2.05) is 24.3 Å². The summed E-state index contributed by atoms with van der Waals surface area (Å²) in [5.41, 5.74) is 6.79. The van der Waals surface area contributed by atoms with Crippen molar-refractivity contribution in [3.05, 3.63) is 29.8 Å². The first-order valence-electron chi connectivity index (χ1n) is 7.01. The number of aryl methyl sites for hydroxylation is 1. The van der Waals surface area contributed by atoms with Gasteiger partial charge in [0.2, 0.25) is 5.91 Å². The highest BCUT2D eigenvalue weighted by Gasteiger charge is 2.54. The zero-order valence-corrected chi connectivity index (χ0v) is 11.7. The fraction of sp³-hybridized carbons (Fsp3) is 0.467. The molecule has 5 heteroatoms. The lowest BCUT2D eigenvalue weighted by Gasteiger charge is -2.13. The molecule has 0 heterocycles. The summed E-state index contributed by atoms with van der Waals surface area (Å²) in [6, 6.07) is 7.83. The van der Waals surface area contributed by atoms with Crippen LogP contribution in [0.4, 0.5) is 5.69 Å². The molecule has 1 aromatic rings. The molecule has 5 nitrogen and oxygen atoms in total. The molecule has 1 aliphatic rings. The maximum absolute atomic E-state index is 12.2. The summed E-state index contributed by atoms with van der Waals surface area (Å²) in [6.07, 6.45) is 4.64. The number of hydrogen-bond acceptors (Lipinski definition) is 3. The Morgan fingerprint density at radius 3 is 2.55 bits per heavy atom. The van der Waals surface area contributed by atoms with Gasteiger partial charge in [0, 0.05) is 5.69 Å². The highest BCUT2D eigenvalue weighted by atomic mass is 16.4. The van der Waals surface area contributed by atoms with Crippen LogP contribution in [0, 0.1) is 5.41 Å². The van der Waals surface area contributed by atoms with E-state index in [1.54, 1.807) is 0 Å². The van der Waals surface area contributed by atoms with Gasteiger partial charge in [-0.3, -0.25) is 4.79 Å². The fourth-order valence-electron chi connectivity index (χ4n) is 2.21. The second-order valence-electron chi connectivity index (χ2n) is 5.32. The molecular formula is C15H21N3O2. The number of amidine groups is 1. The largest absolute Gasteiger partial charge is 0.409 e. The van der Waals surface area contributed by atoms with Gasteiger partial charge in [0.25, 0.3) is 0 Å². The van der Waals surface area contributed by atoms with Crippen molar-refractivity contribution in [3.8, 4) is 0 Å². The summed E-state index contributed by atoms with van der Waals surface area (Å²) in [5, 5.41) is 14.5. The molecule has 0 radical (unpaired) electrons. The summed E-state index contributed by atoms with van der Waals surface area (Å²) in [4.78, 5) is 12.2. The number of benzene rings is 1. The third-order valence-electron chi connectivity index (χ3n) is 3.81. The van der Waals surface area contributed by atoms with Crippen molar-refractivity contribution in [1.82, 2.24) is 0 Å². The Labute approximate surface area is 118 Å². The lowest BCUT2D eigenvalue weighted by atomic mass is 10.0. The average Bonchev–Trinajstić information content (AvgIpc) is 3.27. The molecule has 0 saturated heterocycles. The molecule has 1 saturated carbocycles. The Morgan fingerprint density at radius 2 is 2.05 bits per heavy atom. The summed E-state index contributed by atoms with van der Waals surface area (Å²) >= 11 is 0. The third-order valence-corrected chi connectivity index (χ3v) is 3.81. The first kappa shape index (κ1) is 14.4. The van der Waals surface area contributed by atoms with E-state index >= 15 is 0 Å². The number of nitrogens with zero attached hydrogens (tertiary/aromatic N) is 1. The first-order chi connectivity index (χ1) is 9.62. The quantitative estimate of drug-likeness (QED) is 0.322.